The number of likely N-dealkylation sites (tertiary alicyclic amines) is 1. The Bertz CT molecular complexity index is 509. The van der Waals surface area contributed by atoms with Gasteiger partial charge >= 0.3 is 5.97 Å². The molecule has 1 aromatic rings. The largest absolute Gasteiger partial charge is 0.481 e. The van der Waals surface area contributed by atoms with E-state index < -0.39 is 11.9 Å². The highest BCUT2D eigenvalue weighted by Gasteiger charge is 2.31. The van der Waals surface area contributed by atoms with Crippen LogP contribution >= 0.6 is 0 Å². The van der Waals surface area contributed by atoms with Crippen LogP contribution in [0.15, 0.2) is 6.20 Å². The Morgan fingerprint density at radius 2 is 2.16 bits per heavy atom. The molecule has 1 amide bonds. The molecule has 1 aromatic heterocycles. The van der Waals surface area contributed by atoms with E-state index in [4.69, 9.17) is 5.11 Å². The lowest BCUT2D eigenvalue weighted by atomic mass is 10.1. The van der Waals surface area contributed by atoms with E-state index in [0.717, 1.165) is 18.5 Å². The van der Waals surface area contributed by atoms with Crippen molar-refractivity contribution in [3.05, 3.63) is 11.9 Å². The number of aromatic nitrogens is 3. The second-order valence-electron chi connectivity index (χ2n) is 5.28. The number of hydrogen-bond acceptors (Lipinski definition) is 4. The number of rotatable bonds is 4. The van der Waals surface area contributed by atoms with Crippen molar-refractivity contribution in [2.45, 2.75) is 31.7 Å². The molecule has 7 heteroatoms. The van der Waals surface area contributed by atoms with Gasteiger partial charge in [0.25, 0.3) is 0 Å². The van der Waals surface area contributed by atoms with E-state index in [-0.39, 0.29) is 12.5 Å². The van der Waals surface area contributed by atoms with Crippen molar-refractivity contribution in [2.24, 2.45) is 5.92 Å². The summed E-state index contributed by atoms with van der Waals surface area (Å²) in [5.74, 6) is -0.822. The summed E-state index contributed by atoms with van der Waals surface area (Å²) in [5, 5.41) is 16.9. The molecule has 0 radical (unpaired) electrons. The first kappa shape index (κ1) is 12.1. The van der Waals surface area contributed by atoms with E-state index in [0.29, 0.717) is 25.4 Å². The molecule has 1 N–H and O–H groups in total. The van der Waals surface area contributed by atoms with Gasteiger partial charge < -0.3 is 10.0 Å². The first-order chi connectivity index (χ1) is 9.13. The zero-order chi connectivity index (χ0) is 13.4. The molecule has 0 spiro atoms. The van der Waals surface area contributed by atoms with Gasteiger partial charge in [0.1, 0.15) is 6.54 Å². The topological polar surface area (TPSA) is 88.3 Å². The molecule has 1 saturated carbocycles. The zero-order valence-corrected chi connectivity index (χ0v) is 10.5. The highest BCUT2D eigenvalue weighted by Crippen LogP contribution is 2.38. The van der Waals surface area contributed by atoms with Crippen molar-refractivity contribution in [1.82, 2.24) is 19.9 Å². The summed E-state index contributed by atoms with van der Waals surface area (Å²) in [6.07, 6.45) is 4.66. The van der Waals surface area contributed by atoms with Gasteiger partial charge in [-0.1, -0.05) is 5.21 Å². The molecule has 19 heavy (non-hydrogen) atoms. The molecular formula is C12H16N4O3. The average Bonchev–Trinajstić information content (AvgIpc) is 2.92. The number of carboxylic acids is 1. The maximum absolute atomic E-state index is 12.0. The molecule has 2 heterocycles. The number of carboxylic acid groups (broad SMARTS) is 1. The lowest BCUT2D eigenvalue weighted by Crippen LogP contribution is -2.33. The molecule has 1 saturated heterocycles. The predicted molar refractivity (Wildman–Crippen MR) is 64.3 cm³/mol. The van der Waals surface area contributed by atoms with E-state index in [9.17, 15) is 9.59 Å². The monoisotopic (exact) mass is 264 g/mol. The molecule has 0 bridgehead atoms. The second-order valence-corrected chi connectivity index (χ2v) is 5.28. The van der Waals surface area contributed by atoms with Gasteiger partial charge in [-0.2, -0.15) is 0 Å². The SMILES string of the molecule is O=C(O)[C@@H]1CCN(C(=O)Cn2cc(C3CC3)nn2)C1. The van der Waals surface area contributed by atoms with Gasteiger partial charge in [-0.3, -0.25) is 9.59 Å². The van der Waals surface area contributed by atoms with Crippen LogP contribution in [0.5, 0.6) is 0 Å². The Labute approximate surface area is 110 Å². The van der Waals surface area contributed by atoms with Gasteiger partial charge in [-0.25, -0.2) is 4.68 Å². The van der Waals surface area contributed by atoms with Crippen molar-refractivity contribution in [3.8, 4) is 0 Å². The molecule has 2 aliphatic rings. The lowest BCUT2D eigenvalue weighted by Gasteiger charge is -2.15. The molecule has 3 rings (SSSR count). The second kappa shape index (κ2) is 4.64. The minimum Gasteiger partial charge on any atom is -0.481 e. The molecule has 0 unspecified atom stereocenters. The van der Waals surface area contributed by atoms with Crippen LogP contribution in [-0.2, 0) is 16.1 Å². The van der Waals surface area contributed by atoms with Crippen molar-refractivity contribution < 1.29 is 14.7 Å². The van der Waals surface area contributed by atoms with Crippen LogP contribution in [-0.4, -0.2) is 50.0 Å². The minimum absolute atomic E-state index is 0.0870. The predicted octanol–water partition coefficient (Wildman–Crippen LogP) is 0.0886. The van der Waals surface area contributed by atoms with Gasteiger partial charge in [0.2, 0.25) is 5.91 Å². The zero-order valence-electron chi connectivity index (χ0n) is 10.5. The number of carbonyl (C=O) groups excluding carboxylic acids is 1. The van der Waals surface area contributed by atoms with Crippen LogP contribution in [0.2, 0.25) is 0 Å². The standard InChI is InChI=1S/C12H16N4O3/c17-11(15-4-3-9(5-15)12(18)19)7-16-6-10(13-14-16)8-1-2-8/h6,8-9H,1-5,7H2,(H,18,19)/t9-/m1/s1. The van der Waals surface area contributed by atoms with Gasteiger partial charge in [-0.05, 0) is 19.3 Å². The van der Waals surface area contributed by atoms with E-state index in [1.165, 1.54) is 0 Å². The first-order valence-corrected chi connectivity index (χ1v) is 6.54. The van der Waals surface area contributed by atoms with Crippen LogP contribution in [0.4, 0.5) is 0 Å². The van der Waals surface area contributed by atoms with E-state index >= 15 is 0 Å². The summed E-state index contributed by atoms with van der Waals surface area (Å²) < 4.78 is 1.55. The molecule has 1 atom stereocenters. The van der Waals surface area contributed by atoms with Crippen LogP contribution in [0.25, 0.3) is 0 Å². The Balaban J connectivity index is 1.57. The van der Waals surface area contributed by atoms with E-state index in [2.05, 4.69) is 10.3 Å². The molecule has 2 fully saturated rings. The lowest BCUT2D eigenvalue weighted by molar-refractivity contribution is -0.141. The van der Waals surface area contributed by atoms with Crippen molar-refractivity contribution in [3.63, 3.8) is 0 Å². The first-order valence-electron chi connectivity index (χ1n) is 6.54. The fourth-order valence-corrected chi connectivity index (χ4v) is 2.38. The molecular weight excluding hydrogens is 248 g/mol. The van der Waals surface area contributed by atoms with Crippen molar-refractivity contribution in [2.75, 3.05) is 13.1 Å². The number of hydrogen-bond donors (Lipinski definition) is 1. The van der Waals surface area contributed by atoms with Crippen LogP contribution in [0.3, 0.4) is 0 Å². The summed E-state index contributed by atoms with van der Waals surface area (Å²) in [7, 11) is 0. The molecule has 7 nitrogen and oxygen atoms in total. The molecule has 1 aliphatic carbocycles. The summed E-state index contributed by atoms with van der Waals surface area (Å²) in [4.78, 5) is 24.5. The van der Waals surface area contributed by atoms with Crippen molar-refractivity contribution in [1.29, 1.82) is 0 Å². The van der Waals surface area contributed by atoms with Crippen LogP contribution in [0.1, 0.15) is 30.9 Å². The van der Waals surface area contributed by atoms with Crippen LogP contribution in [0, 0.1) is 5.92 Å². The van der Waals surface area contributed by atoms with Gasteiger partial charge in [0, 0.05) is 25.2 Å². The number of carbonyl (C=O) groups is 2. The Morgan fingerprint density at radius 1 is 1.37 bits per heavy atom. The fraction of sp³-hybridized carbons (Fsp3) is 0.667. The van der Waals surface area contributed by atoms with Gasteiger partial charge in [-0.15, -0.1) is 5.10 Å². The minimum atomic E-state index is -0.827. The maximum Gasteiger partial charge on any atom is 0.308 e. The van der Waals surface area contributed by atoms with Crippen LogP contribution < -0.4 is 0 Å². The molecule has 1 aliphatic heterocycles. The van der Waals surface area contributed by atoms with Gasteiger partial charge in [0.05, 0.1) is 11.6 Å². The van der Waals surface area contributed by atoms with E-state index in [1.807, 2.05) is 6.20 Å². The Hall–Kier alpha value is -1.92. The third-order valence-corrected chi connectivity index (χ3v) is 3.74. The quantitative estimate of drug-likeness (QED) is 0.832. The molecule has 102 valence electrons. The average molecular weight is 264 g/mol. The highest BCUT2D eigenvalue weighted by atomic mass is 16.4. The summed E-state index contributed by atoms with van der Waals surface area (Å²) in [5.41, 5.74) is 0.956. The fourth-order valence-electron chi connectivity index (χ4n) is 2.38. The third-order valence-electron chi connectivity index (χ3n) is 3.74. The number of amides is 1. The highest BCUT2D eigenvalue weighted by molar-refractivity contribution is 5.78. The summed E-state index contributed by atoms with van der Waals surface area (Å²) in [6.45, 7) is 0.963. The number of nitrogens with zero attached hydrogens (tertiary/aromatic N) is 4. The van der Waals surface area contributed by atoms with Crippen molar-refractivity contribution >= 4 is 11.9 Å². The Kier molecular flexibility index (Phi) is 2.96. The summed E-state index contributed by atoms with van der Waals surface area (Å²) in [6, 6.07) is 0. The van der Waals surface area contributed by atoms with E-state index in [1.54, 1.807) is 9.58 Å². The normalized spacial score (nSPS) is 22.7. The summed E-state index contributed by atoms with van der Waals surface area (Å²) >= 11 is 0. The van der Waals surface area contributed by atoms with Gasteiger partial charge in [0.15, 0.2) is 0 Å². The number of aliphatic carboxylic acids is 1. The Morgan fingerprint density at radius 3 is 2.79 bits per heavy atom. The molecule has 0 aromatic carbocycles. The smallest absolute Gasteiger partial charge is 0.308 e. The third kappa shape index (κ3) is 2.59. The maximum atomic E-state index is 12.0.